The molecule has 0 bridgehead atoms. The van der Waals surface area contributed by atoms with Gasteiger partial charge in [-0.3, -0.25) is 9.59 Å². The lowest BCUT2D eigenvalue weighted by Gasteiger charge is -2.33. The van der Waals surface area contributed by atoms with Crippen molar-refractivity contribution in [3.8, 4) is 0 Å². The minimum absolute atomic E-state index is 0.274. The van der Waals surface area contributed by atoms with Gasteiger partial charge in [-0.15, -0.1) is 0 Å². The molecule has 0 amide bonds. The maximum Gasteiger partial charge on any atom is 0.313 e. The normalized spacial score (nSPS) is 33.4. The van der Waals surface area contributed by atoms with Crippen LogP contribution in [0.5, 0.6) is 0 Å². The minimum Gasteiger partial charge on any atom is -0.458 e. The van der Waals surface area contributed by atoms with Crippen LogP contribution >= 0.6 is 0 Å². The summed E-state index contributed by atoms with van der Waals surface area (Å²) in [4.78, 5) is 23.6. The van der Waals surface area contributed by atoms with Gasteiger partial charge < -0.3 is 9.47 Å². The van der Waals surface area contributed by atoms with Gasteiger partial charge in [-0.25, -0.2) is 0 Å². The Bertz CT molecular complexity index is 329. The van der Waals surface area contributed by atoms with Crippen LogP contribution in [-0.2, 0) is 19.1 Å². The summed E-state index contributed by atoms with van der Waals surface area (Å²) in [5.74, 6) is -0.948. The van der Waals surface area contributed by atoms with Crippen molar-refractivity contribution >= 4 is 11.9 Å². The Morgan fingerprint density at radius 3 is 2.41 bits per heavy atom. The zero-order valence-corrected chi connectivity index (χ0v) is 11.5. The number of carbonyl (C=O) groups is 2. The number of hydrogen-bond acceptors (Lipinski definition) is 4. The molecule has 4 heteroatoms. The van der Waals surface area contributed by atoms with Gasteiger partial charge >= 0.3 is 11.9 Å². The Morgan fingerprint density at radius 1 is 1.47 bits per heavy atom. The lowest BCUT2D eigenvalue weighted by Crippen LogP contribution is -2.46. The van der Waals surface area contributed by atoms with Crippen LogP contribution in [0.15, 0.2) is 0 Å². The maximum atomic E-state index is 12.0. The standard InChI is InChI=1S/C13H22O4/c1-7-9-10(14)16-8(2)13(9,6)17-11(15)12(3,4)5/h8-9H,7H2,1-6H3. The molecule has 1 saturated heterocycles. The van der Waals surface area contributed by atoms with E-state index in [1.807, 2.05) is 6.92 Å². The largest absolute Gasteiger partial charge is 0.458 e. The zero-order chi connectivity index (χ0) is 13.4. The lowest BCUT2D eigenvalue weighted by molar-refractivity contribution is -0.176. The summed E-state index contributed by atoms with van der Waals surface area (Å²) in [5.41, 5.74) is -1.43. The second-order valence-electron chi connectivity index (χ2n) is 5.86. The van der Waals surface area contributed by atoms with Gasteiger partial charge in [0.15, 0.2) is 5.60 Å². The molecule has 3 unspecified atom stereocenters. The number of carbonyl (C=O) groups excluding carboxylic acids is 2. The van der Waals surface area contributed by atoms with Gasteiger partial charge in [-0.2, -0.15) is 0 Å². The fraction of sp³-hybridized carbons (Fsp3) is 0.846. The van der Waals surface area contributed by atoms with E-state index < -0.39 is 17.1 Å². The summed E-state index contributed by atoms with van der Waals surface area (Å²) in [5, 5.41) is 0. The van der Waals surface area contributed by atoms with Crippen molar-refractivity contribution in [2.45, 2.75) is 59.7 Å². The summed E-state index contributed by atoms with van der Waals surface area (Å²) < 4.78 is 10.7. The monoisotopic (exact) mass is 242 g/mol. The second kappa shape index (κ2) is 4.31. The van der Waals surface area contributed by atoms with Crippen LogP contribution < -0.4 is 0 Å². The molecular formula is C13H22O4. The molecule has 1 aliphatic rings. The molecule has 98 valence electrons. The smallest absolute Gasteiger partial charge is 0.313 e. The third kappa shape index (κ3) is 2.45. The van der Waals surface area contributed by atoms with Crippen molar-refractivity contribution in [3.63, 3.8) is 0 Å². The summed E-state index contributed by atoms with van der Waals surface area (Å²) in [6.07, 6.45) is 0.211. The molecule has 0 aromatic carbocycles. The van der Waals surface area contributed by atoms with Crippen LogP contribution in [0, 0.1) is 11.3 Å². The van der Waals surface area contributed by atoms with Crippen LogP contribution in [0.4, 0.5) is 0 Å². The van der Waals surface area contributed by atoms with Gasteiger partial charge in [0, 0.05) is 0 Å². The molecule has 0 aliphatic carbocycles. The molecule has 0 N–H and O–H groups in total. The first-order chi connectivity index (χ1) is 7.63. The molecule has 1 rings (SSSR count). The van der Waals surface area contributed by atoms with Crippen molar-refractivity contribution in [3.05, 3.63) is 0 Å². The Balaban J connectivity index is 2.93. The van der Waals surface area contributed by atoms with Crippen molar-refractivity contribution in [1.29, 1.82) is 0 Å². The fourth-order valence-corrected chi connectivity index (χ4v) is 1.97. The third-order valence-electron chi connectivity index (χ3n) is 3.41. The highest BCUT2D eigenvalue weighted by Crippen LogP contribution is 2.39. The first kappa shape index (κ1) is 14.0. The Labute approximate surface area is 103 Å². The van der Waals surface area contributed by atoms with E-state index in [-0.39, 0.29) is 17.9 Å². The van der Waals surface area contributed by atoms with Crippen LogP contribution in [0.25, 0.3) is 0 Å². The quantitative estimate of drug-likeness (QED) is 0.697. The Hall–Kier alpha value is -1.06. The molecular weight excluding hydrogens is 220 g/mol. The molecule has 0 spiro atoms. The van der Waals surface area contributed by atoms with Crippen molar-refractivity contribution in [1.82, 2.24) is 0 Å². The van der Waals surface area contributed by atoms with E-state index in [4.69, 9.17) is 9.47 Å². The van der Waals surface area contributed by atoms with E-state index in [0.29, 0.717) is 6.42 Å². The zero-order valence-electron chi connectivity index (χ0n) is 11.5. The van der Waals surface area contributed by atoms with E-state index in [2.05, 4.69) is 0 Å². The Morgan fingerprint density at radius 2 is 2.00 bits per heavy atom. The van der Waals surface area contributed by atoms with Gasteiger partial charge in [0.2, 0.25) is 0 Å². The second-order valence-corrected chi connectivity index (χ2v) is 5.86. The highest BCUT2D eigenvalue weighted by Gasteiger charge is 2.55. The van der Waals surface area contributed by atoms with E-state index in [0.717, 1.165) is 0 Å². The van der Waals surface area contributed by atoms with Gasteiger partial charge in [0.25, 0.3) is 0 Å². The van der Waals surface area contributed by atoms with Crippen LogP contribution in [0.1, 0.15) is 48.0 Å². The number of cyclic esters (lactones) is 1. The first-order valence-electron chi connectivity index (χ1n) is 6.07. The van der Waals surface area contributed by atoms with Crippen LogP contribution in [0.3, 0.4) is 0 Å². The SMILES string of the molecule is CCC1C(=O)OC(C)C1(C)OC(=O)C(C)(C)C. The average molecular weight is 242 g/mol. The molecule has 1 heterocycles. The number of rotatable bonds is 2. The van der Waals surface area contributed by atoms with Crippen molar-refractivity contribution in [2.75, 3.05) is 0 Å². The predicted molar refractivity (Wildman–Crippen MR) is 63.3 cm³/mol. The van der Waals surface area contributed by atoms with E-state index in [1.165, 1.54) is 0 Å². The molecule has 17 heavy (non-hydrogen) atoms. The maximum absolute atomic E-state index is 12.0. The molecule has 0 radical (unpaired) electrons. The molecule has 0 saturated carbocycles. The van der Waals surface area contributed by atoms with Gasteiger partial charge in [-0.05, 0) is 41.0 Å². The summed E-state index contributed by atoms with van der Waals surface area (Å²) in [6.45, 7) is 10.8. The van der Waals surface area contributed by atoms with Crippen molar-refractivity contribution in [2.24, 2.45) is 11.3 Å². The molecule has 3 atom stereocenters. The van der Waals surface area contributed by atoms with E-state index in [1.54, 1.807) is 34.6 Å². The summed E-state index contributed by atoms with van der Waals surface area (Å²) in [6, 6.07) is 0. The fourth-order valence-electron chi connectivity index (χ4n) is 1.97. The highest BCUT2D eigenvalue weighted by molar-refractivity contribution is 5.80. The number of esters is 2. The topological polar surface area (TPSA) is 52.6 Å². The number of hydrogen-bond donors (Lipinski definition) is 0. The van der Waals surface area contributed by atoms with Gasteiger partial charge in [-0.1, -0.05) is 6.92 Å². The molecule has 0 aromatic heterocycles. The van der Waals surface area contributed by atoms with Crippen LogP contribution in [-0.4, -0.2) is 23.6 Å². The van der Waals surface area contributed by atoms with E-state index >= 15 is 0 Å². The van der Waals surface area contributed by atoms with Gasteiger partial charge in [0.05, 0.1) is 11.3 Å². The average Bonchev–Trinajstić information content (AvgIpc) is 2.36. The minimum atomic E-state index is -0.851. The summed E-state index contributed by atoms with van der Waals surface area (Å²) in [7, 11) is 0. The number of ether oxygens (including phenoxy) is 2. The molecule has 4 nitrogen and oxygen atoms in total. The van der Waals surface area contributed by atoms with E-state index in [9.17, 15) is 9.59 Å². The lowest BCUT2D eigenvalue weighted by atomic mass is 9.85. The summed E-state index contributed by atoms with van der Waals surface area (Å²) >= 11 is 0. The van der Waals surface area contributed by atoms with Gasteiger partial charge in [0.1, 0.15) is 6.10 Å². The predicted octanol–water partition coefficient (Wildman–Crippen LogP) is 2.31. The molecule has 1 fully saturated rings. The first-order valence-corrected chi connectivity index (χ1v) is 6.07. The van der Waals surface area contributed by atoms with Crippen molar-refractivity contribution < 1.29 is 19.1 Å². The molecule has 0 aromatic rings. The van der Waals surface area contributed by atoms with Crippen LogP contribution in [0.2, 0.25) is 0 Å². The highest BCUT2D eigenvalue weighted by atomic mass is 16.6. The Kier molecular flexibility index (Phi) is 3.55. The third-order valence-corrected chi connectivity index (χ3v) is 3.41. The molecule has 1 aliphatic heterocycles.